The molecule has 0 saturated carbocycles. The second-order valence-corrected chi connectivity index (χ2v) is 4.58. The van der Waals surface area contributed by atoms with Gasteiger partial charge in [0.2, 0.25) is 0 Å². The molecule has 2 rings (SSSR count). The van der Waals surface area contributed by atoms with Crippen LogP contribution in [0.15, 0.2) is 16.5 Å². The van der Waals surface area contributed by atoms with E-state index in [4.69, 9.17) is 14.9 Å². The van der Waals surface area contributed by atoms with Crippen molar-refractivity contribution in [1.82, 2.24) is 5.32 Å². The minimum absolute atomic E-state index is 0.00326. The lowest BCUT2D eigenvalue weighted by molar-refractivity contribution is 0.0204. The predicted octanol–water partition coefficient (Wildman–Crippen LogP) is 1.40. The van der Waals surface area contributed by atoms with Crippen molar-refractivity contribution < 1.29 is 9.15 Å². The van der Waals surface area contributed by atoms with Crippen LogP contribution in [0, 0.1) is 0 Å². The van der Waals surface area contributed by atoms with Gasteiger partial charge in [-0.25, -0.2) is 0 Å². The third kappa shape index (κ3) is 2.84. The Morgan fingerprint density at radius 1 is 1.44 bits per heavy atom. The first-order valence-electron chi connectivity index (χ1n) is 5.84. The van der Waals surface area contributed by atoms with Crippen molar-refractivity contribution in [2.75, 3.05) is 13.2 Å². The highest BCUT2D eigenvalue weighted by Gasteiger charge is 2.28. The van der Waals surface area contributed by atoms with Gasteiger partial charge < -0.3 is 20.2 Å². The van der Waals surface area contributed by atoms with Crippen LogP contribution in [0.25, 0.3) is 0 Å². The van der Waals surface area contributed by atoms with Crippen LogP contribution in [0.2, 0.25) is 0 Å². The van der Waals surface area contributed by atoms with E-state index in [1.54, 1.807) is 0 Å². The van der Waals surface area contributed by atoms with Crippen LogP contribution in [-0.2, 0) is 17.8 Å². The molecule has 1 aliphatic heterocycles. The van der Waals surface area contributed by atoms with Crippen molar-refractivity contribution in [1.29, 1.82) is 0 Å². The molecule has 3 N–H and O–H groups in total. The van der Waals surface area contributed by atoms with Crippen molar-refractivity contribution in [2.24, 2.45) is 5.73 Å². The molecule has 4 nitrogen and oxygen atoms in total. The molecule has 0 aromatic carbocycles. The van der Waals surface area contributed by atoms with Crippen LogP contribution >= 0.6 is 0 Å². The topological polar surface area (TPSA) is 60.4 Å². The van der Waals surface area contributed by atoms with E-state index in [1.807, 2.05) is 12.1 Å². The van der Waals surface area contributed by atoms with Crippen molar-refractivity contribution in [3.8, 4) is 0 Å². The average Bonchev–Trinajstić information content (AvgIpc) is 2.88. The van der Waals surface area contributed by atoms with Gasteiger partial charge in [-0.15, -0.1) is 0 Å². The van der Waals surface area contributed by atoms with Gasteiger partial charge in [-0.05, 0) is 31.9 Å². The number of furan rings is 1. The van der Waals surface area contributed by atoms with Crippen molar-refractivity contribution in [3.63, 3.8) is 0 Å². The maximum atomic E-state index is 5.69. The maximum Gasteiger partial charge on any atom is 0.118 e. The monoisotopic (exact) mass is 224 g/mol. The second-order valence-electron chi connectivity index (χ2n) is 4.58. The molecule has 1 unspecified atom stereocenters. The number of nitrogens with two attached hydrogens (primary N) is 1. The van der Waals surface area contributed by atoms with Gasteiger partial charge in [-0.3, -0.25) is 0 Å². The Bertz CT molecular complexity index is 330. The summed E-state index contributed by atoms with van der Waals surface area (Å²) in [6.45, 7) is 5.10. The standard InChI is InChI=1S/C12H20N2O2/c1-12(5-2-6-15-12)9-14-8-11-4-3-10(7-13)16-11/h3-4,14H,2,5-9,13H2,1H3. The Labute approximate surface area is 96.1 Å². The lowest BCUT2D eigenvalue weighted by atomic mass is 10.0. The molecular formula is C12H20N2O2. The van der Waals surface area contributed by atoms with Gasteiger partial charge in [0.1, 0.15) is 11.5 Å². The summed E-state index contributed by atoms with van der Waals surface area (Å²) < 4.78 is 11.2. The van der Waals surface area contributed by atoms with E-state index in [-0.39, 0.29) is 5.60 Å². The van der Waals surface area contributed by atoms with Crippen molar-refractivity contribution in [3.05, 3.63) is 23.7 Å². The molecule has 2 heterocycles. The lowest BCUT2D eigenvalue weighted by Gasteiger charge is -2.23. The van der Waals surface area contributed by atoms with E-state index >= 15 is 0 Å². The fourth-order valence-corrected chi connectivity index (χ4v) is 2.05. The zero-order valence-electron chi connectivity index (χ0n) is 9.79. The molecule has 0 radical (unpaired) electrons. The normalized spacial score (nSPS) is 25.1. The van der Waals surface area contributed by atoms with Crippen LogP contribution in [0.3, 0.4) is 0 Å². The molecular weight excluding hydrogens is 204 g/mol. The highest BCUT2D eigenvalue weighted by Crippen LogP contribution is 2.23. The smallest absolute Gasteiger partial charge is 0.118 e. The van der Waals surface area contributed by atoms with E-state index in [0.717, 1.165) is 44.1 Å². The maximum absolute atomic E-state index is 5.69. The molecule has 4 heteroatoms. The molecule has 0 aliphatic carbocycles. The fourth-order valence-electron chi connectivity index (χ4n) is 2.05. The van der Waals surface area contributed by atoms with Crippen molar-refractivity contribution in [2.45, 2.75) is 38.5 Å². The van der Waals surface area contributed by atoms with Crippen molar-refractivity contribution >= 4 is 0 Å². The summed E-state index contributed by atoms with van der Waals surface area (Å²) in [6.07, 6.45) is 2.29. The summed E-state index contributed by atoms with van der Waals surface area (Å²) in [6, 6.07) is 3.89. The molecule has 1 fully saturated rings. The highest BCUT2D eigenvalue weighted by atomic mass is 16.5. The summed E-state index contributed by atoms with van der Waals surface area (Å²) in [5.41, 5.74) is 5.48. The molecule has 0 amide bonds. The van der Waals surface area contributed by atoms with Gasteiger partial charge in [0.25, 0.3) is 0 Å². The molecule has 1 aliphatic rings. The summed E-state index contributed by atoms with van der Waals surface area (Å²) in [7, 11) is 0. The van der Waals surface area contributed by atoms with Crippen LogP contribution < -0.4 is 11.1 Å². The van der Waals surface area contributed by atoms with Gasteiger partial charge in [-0.1, -0.05) is 0 Å². The third-order valence-electron chi connectivity index (χ3n) is 3.02. The highest BCUT2D eigenvalue weighted by molar-refractivity contribution is 5.06. The number of hydrogen-bond donors (Lipinski definition) is 2. The minimum Gasteiger partial charge on any atom is -0.463 e. The van der Waals surface area contributed by atoms with Crippen LogP contribution in [-0.4, -0.2) is 18.8 Å². The minimum atomic E-state index is 0.00326. The second kappa shape index (κ2) is 4.99. The largest absolute Gasteiger partial charge is 0.463 e. The Morgan fingerprint density at radius 3 is 2.88 bits per heavy atom. The average molecular weight is 224 g/mol. The van der Waals surface area contributed by atoms with E-state index in [0.29, 0.717) is 6.54 Å². The van der Waals surface area contributed by atoms with Gasteiger partial charge in [0.05, 0.1) is 18.7 Å². The van der Waals surface area contributed by atoms with Crippen LogP contribution in [0.5, 0.6) is 0 Å². The number of nitrogens with one attached hydrogen (secondary N) is 1. The molecule has 1 aromatic heterocycles. The molecule has 0 spiro atoms. The summed E-state index contributed by atoms with van der Waals surface area (Å²) in [5, 5.41) is 3.36. The number of ether oxygens (including phenoxy) is 1. The van der Waals surface area contributed by atoms with E-state index in [1.165, 1.54) is 0 Å². The van der Waals surface area contributed by atoms with E-state index in [9.17, 15) is 0 Å². The summed E-state index contributed by atoms with van der Waals surface area (Å²) >= 11 is 0. The van der Waals surface area contributed by atoms with E-state index < -0.39 is 0 Å². The number of hydrogen-bond acceptors (Lipinski definition) is 4. The zero-order valence-corrected chi connectivity index (χ0v) is 9.79. The summed E-state index contributed by atoms with van der Waals surface area (Å²) in [5.74, 6) is 1.77. The van der Waals surface area contributed by atoms with Gasteiger partial charge in [0.15, 0.2) is 0 Å². The lowest BCUT2D eigenvalue weighted by Crippen LogP contribution is -2.36. The van der Waals surface area contributed by atoms with Crippen LogP contribution in [0.1, 0.15) is 31.3 Å². The molecule has 90 valence electrons. The van der Waals surface area contributed by atoms with Gasteiger partial charge >= 0.3 is 0 Å². The SMILES string of the molecule is CC1(CNCc2ccc(CN)o2)CCCO1. The quantitative estimate of drug-likeness (QED) is 0.793. The molecule has 0 bridgehead atoms. The zero-order chi connectivity index (χ0) is 11.4. The first-order chi connectivity index (χ1) is 7.72. The molecule has 16 heavy (non-hydrogen) atoms. The van der Waals surface area contributed by atoms with E-state index in [2.05, 4.69) is 12.2 Å². The molecule has 1 saturated heterocycles. The fraction of sp³-hybridized carbons (Fsp3) is 0.667. The Morgan fingerprint density at radius 2 is 2.25 bits per heavy atom. The van der Waals surface area contributed by atoms with Crippen LogP contribution in [0.4, 0.5) is 0 Å². The van der Waals surface area contributed by atoms with Gasteiger partial charge in [-0.2, -0.15) is 0 Å². The first-order valence-corrected chi connectivity index (χ1v) is 5.84. The van der Waals surface area contributed by atoms with Gasteiger partial charge in [0, 0.05) is 13.2 Å². The molecule has 1 aromatic rings. The summed E-state index contributed by atoms with van der Waals surface area (Å²) in [4.78, 5) is 0. The molecule has 1 atom stereocenters. The predicted molar refractivity (Wildman–Crippen MR) is 61.9 cm³/mol. The third-order valence-corrected chi connectivity index (χ3v) is 3.02. The number of rotatable bonds is 5. The Balaban J connectivity index is 1.75. The first kappa shape index (κ1) is 11.6. The Hall–Kier alpha value is -0.840. The Kier molecular flexibility index (Phi) is 3.63.